The number of nitrogens with zero attached hydrogens (tertiary/aromatic N) is 2. The summed E-state index contributed by atoms with van der Waals surface area (Å²) < 4.78 is 6.25. The average molecular weight is 743 g/mol. The van der Waals surface area contributed by atoms with Crippen molar-refractivity contribution in [2.75, 3.05) is 32.0 Å². The number of nitrogens with one attached hydrogen (secondary N) is 2. The molecule has 1 aromatic heterocycles. The summed E-state index contributed by atoms with van der Waals surface area (Å²) in [5.74, 6) is 0.340. The van der Waals surface area contributed by atoms with Gasteiger partial charge in [-0.1, -0.05) is 29.8 Å². The Balaban J connectivity index is 1.19. The number of carbonyl (C=O) groups is 2. The normalized spacial score (nSPS) is 17.2. The largest absolute Gasteiger partial charge is 0.490 e. The summed E-state index contributed by atoms with van der Waals surface area (Å²) in [4.78, 5) is 31.2. The summed E-state index contributed by atoms with van der Waals surface area (Å²) in [5, 5.41) is 56.4. The van der Waals surface area contributed by atoms with Crippen molar-refractivity contribution in [1.82, 2.24) is 20.5 Å². The minimum absolute atomic E-state index is 0.0573. The predicted octanol–water partition coefficient (Wildman–Crippen LogP) is 2.60. The lowest BCUT2D eigenvalue weighted by atomic mass is 9.94. The lowest BCUT2D eigenvalue weighted by Crippen LogP contribution is -2.53. The first-order valence-electron chi connectivity index (χ1n) is 17.3. The number of para-hydroxylation sites is 1. The molecule has 51 heavy (non-hydrogen) atoms. The number of ether oxygens (including phenoxy) is 1. The molecule has 2 saturated carbocycles. The van der Waals surface area contributed by atoms with E-state index in [0.717, 1.165) is 58.6 Å². The molecule has 3 aromatic rings. The van der Waals surface area contributed by atoms with Gasteiger partial charge in [-0.25, -0.2) is 0 Å². The van der Waals surface area contributed by atoms with E-state index < -0.39 is 36.9 Å². The summed E-state index contributed by atoms with van der Waals surface area (Å²) in [6.45, 7) is 1.40. The maximum Gasteiger partial charge on any atom is 0.254 e. The molecule has 2 aromatic carbocycles. The molecular weight excluding hydrogens is 696 g/mol. The van der Waals surface area contributed by atoms with Gasteiger partial charge in [0.05, 0.1) is 12.7 Å². The Labute approximate surface area is 307 Å². The molecule has 7 N–H and O–H groups in total. The van der Waals surface area contributed by atoms with Gasteiger partial charge in [0.1, 0.15) is 24.1 Å². The third kappa shape index (κ3) is 10.4. The van der Waals surface area contributed by atoms with Crippen LogP contribution < -0.4 is 15.4 Å². The topological polar surface area (TPSA) is 185 Å². The molecule has 276 valence electrons. The predicted molar refractivity (Wildman–Crippen MR) is 194 cm³/mol. The second-order valence-corrected chi connectivity index (χ2v) is 14.7. The number of thioether (sulfide) groups is 1. The molecular formula is C37H47ClN4O8S. The van der Waals surface area contributed by atoms with E-state index in [0.29, 0.717) is 23.7 Å². The SMILES string of the molecule is CC(=O)NCCN(CCCSc1ccc(Cl)c(CNC2(c3cnccc3-c3ccccc3OC3CC3)CC2)c1)C(=O)C(O)C(O)C(O)C(O)CO. The number of carbonyl (C=O) groups excluding carboxylic acids is 2. The number of hydrogen-bond donors (Lipinski definition) is 7. The van der Waals surface area contributed by atoms with Gasteiger partial charge < -0.3 is 45.8 Å². The van der Waals surface area contributed by atoms with E-state index in [1.165, 1.54) is 11.8 Å². The van der Waals surface area contributed by atoms with Crippen LogP contribution in [0.4, 0.5) is 0 Å². The lowest BCUT2D eigenvalue weighted by Gasteiger charge is -2.30. The molecule has 14 heteroatoms. The first kappa shape index (κ1) is 38.9. The standard InChI is InChI=1S/C37H47ClN4O8S/c1-23(44)40-15-17-42(36(49)35(48)34(47)33(46)31(45)22-43)16-4-18-51-26-9-10-30(38)24(19-26)20-41-37(12-13-37)29-21-39-14-11-27(29)28-5-2-3-6-32(28)50-25-7-8-25/h2-3,5-6,9-11,14,19,21,25,31,33-35,41,43,45-48H,4,7-8,12-13,15-18,20,22H2,1H3,(H,40,44). The van der Waals surface area contributed by atoms with E-state index in [2.05, 4.69) is 27.8 Å². The van der Waals surface area contributed by atoms with Gasteiger partial charge in [-0.05, 0) is 84.9 Å². The summed E-state index contributed by atoms with van der Waals surface area (Å²) in [6.07, 6.45) is 0.933. The maximum atomic E-state index is 13.1. The molecule has 2 amide bonds. The van der Waals surface area contributed by atoms with Crippen LogP contribution in [0.25, 0.3) is 11.1 Å². The Morgan fingerprint density at radius 1 is 1.06 bits per heavy atom. The van der Waals surface area contributed by atoms with Gasteiger partial charge in [0, 0.05) is 66.5 Å². The fraction of sp³-hybridized carbons (Fsp3) is 0.486. The van der Waals surface area contributed by atoms with E-state index in [-0.39, 0.29) is 37.2 Å². The van der Waals surface area contributed by atoms with Gasteiger partial charge in [-0.15, -0.1) is 11.8 Å². The van der Waals surface area contributed by atoms with Crippen LogP contribution in [-0.2, 0) is 21.7 Å². The summed E-state index contributed by atoms with van der Waals surface area (Å²) in [6, 6.07) is 16.1. The van der Waals surface area contributed by atoms with Crippen molar-refractivity contribution in [3.63, 3.8) is 0 Å². The van der Waals surface area contributed by atoms with Crippen LogP contribution in [0.5, 0.6) is 5.75 Å². The zero-order chi connectivity index (χ0) is 36.5. The smallest absolute Gasteiger partial charge is 0.254 e. The third-order valence-electron chi connectivity index (χ3n) is 9.13. The van der Waals surface area contributed by atoms with Crippen LogP contribution in [0.1, 0.15) is 50.2 Å². The highest BCUT2D eigenvalue weighted by atomic mass is 35.5. The molecule has 12 nitrogen and oxygen atoms in total. The number of aromatic nitrogens is 1. The minimum Gasteiger partial charge on any atom is -0.490 e. The summed E-state index contributed by atoms with van der Waals surface area (Å²) in [7, 11) is 0. The number of aliphatic hydroxyl groups excluding tert-OH is 5. The molecule has 4 atom stereocenters. The van der Waals surface area contributed by atoms with E-state index in [1.54, 1.807) is 11.8 Å². The Morgan fingerprint density at radius 2 is 1.82 bits per heavy atom. The van der Waals surface area contributed by atoms with Gasteiger partial charge in [-0.3, -0.25) is 14.6 Å². The van der Waals surface area contributed by atoms with Crippen molar-refractivity contribution in [3.8, 4) is 16.9 Å². The van der Waals surface area contributed by atoms with Crippen LogP contribution in [-0.4, -0.2) is 110 Å². The molecule has 0 saturated heterocycles. The molecule has 2 aliphatic rings. The van der Waals surface area contributed by atoms with Crippen LogP contribution in [0.2, 0.25) is 5.02 Å². The minimum atomic E-state index is -2.04. The molecule has 5 rings (SSSR count). The number of amides is 2. The quantitative estimate of drug-likeness (QED) is 0.0667. The van der Waals surface area contributed by atoms with E-state index in [9.17, 15) is 30.0 Å². The number of halogens is 1. The highest BCUT2D eigenvalue weighted by molar-refractivity contribution is 7.99. The molecule has 2 aliphatic carbocycles. The molecule has 0 spiro atoms. The number of aliphatic hydroxyl groups is 5. The number of rotatable bonds is 20. The van der Waals surface area contributed by atoms with E-state index in [1.807, 2.05) is 48.8 Å². The van der Waals surface area contributed by atoms with E-state index >= 15 is 0 Å². The van der Waals surface area contributed by atoms with Crippen LogP contribution in [0.15, 0.2) is 65.8 Å². The fourth-order valence-electron chi connectivity index (χ4n) is 5.88. The molecule has 1 heterocycles. The van der Waals surface area contributed by atoms with Gasteiger partial charge >= 0.3 is 0 Å². The van der Waals surface area contributed by atoms with Gasteiger partial charge in [0.25, 0.3) is 5.91 Å². The number of pyridine rings is 1. The Morgan fingerprint density at radius 3 is 2.53 bits per heavy atom. The zero-order valence-electron chi connectivity index (χ0n) is 28.6. The Kier molecular flexibility index (Phi) is 13.7. The fourth-order valence-corrected chi connectivity index (χ4v) is 6.96. The van der Waals surface area contributed by atoms with Crippen molar-refractivity contribution < 1.29 is 39.9 Å². The van der Waals surface area contributed by atoms with Gasteiger partial charge in [0.15, 0.2) is 6.10 Å². The van der Waals surface area contributed by atoms with Gasteiger partial charge in [0.2, 0.25) is 5.91 Å². The first-order valence-corrected chi connectivity index (χ1v) is 18.6. The zero-order valence-corrected chi connectivity index (χ0v) is 30.2. The van der Waals surface area contributed by atoms with Crippen LogP contribution >= 0.6 is 23.4 Å². The Hall–Kier alpha value is -3.27. The highest BCUT2D eigenvalue weighted by Gasteiger charge is 2.46. The molecule has 0 aliphatic heterocycles. The van der Waals surface area contributed by atoms with Gasteiger partial charge in [-0.2, -0.15) is 0 Å². The summed E-state index contributed by atoms with van der Waals surface area (Å²) >= 11 is 8.24. The second-order valence-electron chi connectivity index (χ2n) is 13.1. The van der Waals surface area contributed by atoms with Crippen molar-refractivity contribution in [1.29, 1.82) is 0 Å². The van der Waals surface area contributed by atoms with Crippen molar-refractivity contribution >= 4 is 35.2 Å². The Bertz CT molecular complexity index is 1640. The average Bonchev–Trinajstić information content (AvgIpc) is 4.09. The molecule has 2 fully saturated rings. The molecule has 4 unspecified atom stereocenters. The maximum absolute atomic E-state index is 13.1. The van der Waals surface area contributed by atoms with Crippen molar-refractivity contribution in [2.24, 2.45) is 0 Å². The first-order chi connectivity index (χ1) is 24.5. The monoisotopic (exact) mass is 742 g/mol. The number of benzene rings is 2. The molecule has 0 radical (unpaired) electrons. The molecule has 0 bridgehead atoms. The highest BCUT2D eigenvalue weighted by Crippen LogP contribution is 2.50. The van der Waals surface area contributed by atoms with Crippen molar-refractivity contribution in [3.05, 3.63) is 77.1 Å². The summed E-state index contributed by atoms with van der Waals surface area (Å²) in [5.41, 5.74) is 4.01. The third-order valence-corrected chi connectivity index (χ3v) is 10.6. The lowest BCUT2D eigenvalue weighted by molar-refractivity contribution is -0.158. The number of hydrogen-bond acceptors (Lipinski definition) is 11. The van der Waals surface area contributed by atoms with Crippen molar-refractivity contribution in [2.45, 2.75) is 86.5 Å². The van der Waals surface area contributed by atoms with E-state index in [4.69, 9.17) is 21.4 Å². The van der Waals surface area contributed by atoms with Crippen LogP contribution in [0.3, 0.4) is 0 Å². The second kappa shape index (κ2) is 18.0. The van der Waals surface area contributed by atoms with Crippen LogP contribution in [0, 0.1) is 0 Å².